The Balaban J connectivity index is 2.06. The molecule has 3 aromatic rings. The number of benzene rings is 1. The molecule has 0 radical (unpaired) electrons. The maximum Gasteiger partial charge on any atom is 0.274 e. The van der Waals surface area contributed by atoms with Crippen LogP contribution in [0.4, 0.5) is 0 Å². The van der Waals surface area contributed by atoms with Crippen molar-refractivity contribution in [3.05, 3.63) is 52.6 Å². The molecule has 0 amide bonds. The van der Waals surface area contributed by atoms with Gasteiger partial charge in [0, 0.05) is 18.0 Å². The lowest BCUT2D eigenvalue weighted by Gasteiger charge is -1.92. The number of aromatic nitrogens is 2. The maximum absolute atomic E-state index is 9.69. The van der Waals surface area contributed by atoms with Crippen molar-refractivity contribution in [3.8, 4) is 17.6 Å². The molecule has 5 heteroatoms. The lowest BCUT2D eigenvalue weighted by atomic mass is 10.3. The van der Waals surface area contributed by atoms with Crippen LogP contribution in [-0.2, 0) is 0 Å². The summed E-state index contributed by atoms with van der Waals surface area (Å²) in [5.74, 6) is 6.02. The number of phenolic OH excluding ortho intramolecular Hbond substituents is 1. The van der Waals surface area contributed by atoms with Gasteiger partial charge in [-0.3, -0.25) is 4.98 Å². The first-order chi connectivity index (χ1) is 9.24. The molecule has 3 rings (SSSR count). The molecule has 0 spiro atoms. The average molecular weight is 315 g/mol. The van der Waals surface area contributed by atoms with Gasteiger partial charge in [-0.15, -0.1) is 0 Å². The second-order valence-electron chi connectivity index (χ2n) is 3.75. The highest BCUT2D eigenvalue weighted by Crippen LogP contribution is 2.30. The third kappa shape index (κ3) is 2.30. The normalized spacial score (nSPS) is 10.2. The first-order valence-corrected chi connectivity index (χ1v) is 6.23. The van der Waals surface area contributed by atoms with Crippen LogP contribution in [0, 0.1) is 11.8 Å². The van der Waals surface area contributed by atoms with Crippen LogP contribution in [-0.4, -0.2) is 15.1 Å². The molecule has 1 aromatic carbocycles. The predicted molar refractivity (Wildman–Crippen MR) is 73.6 cm³/mol. The standard InChI is InChI=1S/C14H7BrN2O2/c15-10-4-5-11(18)13-14(10)19-12(17-13)6-3-9-2-1-7-16-8-9/h1-2,4-5,7-8,18H. The second-order valence-corrected chi connectivity index (χ2v) is 4.61. The van der Waals surface area contributed by atoms with Crippen LogP contribution in [0.5, 0.6) is 5.75 Å². The number of fused-ring (bicyclic) bond motifs is 1. The van der Waals surface area contributed by atoms with Crippen molar-refractivity contribution in [2.24, 2.45) is 0 Å². The van der Waals surface area contributed by atoms with Gasteiger partial charge in [-0.25, -0.2) is 0 Å². The molecule has 1 N–H and O–H groups in total. The van der Waals surface area contributed by atoms with Crippen molar-refractivity contribution in [2.75, 3.05) is 0 Å². The number of hydrogen-bond donors (Lipinski definition) is 1. The molecule has 0 atom stereocenters. The van der Waals surface area contributed by atoms with Crippen LogP contribution in [0.3, 0.4) is 0 Å². The summed E-state index contributed by atoms with van der Waals surface area (Å²) in [5, 5.41) is 9.69. The Morgan fingerprint density at radius 2 is 2.11 bits per heavy atom. The maximum atomic E-state index is 9.69. The van der Waals surface area contributed by atoms with E-state index in [4.69, 9.17) is 4.42 Å². The fraction of sp³-hybridized carbons (Fsp3) is 0. The first-order valence-electron chi connectivity index (χ1n) is 5.44. The molecule has 2 aromatic heterocycles. The lowest BCUT2D eigenvalue weighted by Crippen LogP contribution is -1.76. The number of aromatic hydroxyl groups is 1. The van der Waals surface area contributed by atoms with E-state index in [1.165, 1.54) is 0 Å². The van der Waals surface area contributed by atoms with Crippen LogP contribution >= 0.6 is 15.9 Å². The van der Waals surface area contributed by atoms with Gasteiger partial charge in [0.2, 0.25) is 0 Å². The minimum Gasteiger partial charge on any atom is -0.506 e. The van der Waals surface area contributed by atoms with E-state index in [2.05, 4.69) is 37.7 Å². The molecule has 19 heavy (non-hydrogen) atoms. The van der Waals surface area contributed by atoms with Gasteiger partial charge in [0.1, 0.15) is 5.75 Å². The number of phenols is 1. The van der Waals surface area contributed by atoms with Crippen molar-refractivity contribution in [1.82, 2.24) is 9.97 Å². The molecule has 0 aliphatic carbocycles. The van der Waals surface area contributed by atoms with Crippen molar-refractivity contribution in [2.45, 2.75) is 0 Å². The van der Waals surface area contributed by atoms with Gasteiger partial charge in [0.15, 0.2) is 11.1 Å². The van der Waals surface area contributed by atoms with Crippen LogP contribution < -0.4 is 0 Å². The topological polar surface area (TPSA) is 59.2 Å². The monoisotopic (exact) mass is 314 g/mol. The summed E-state index contributed by atoms with van der Waals surface area (Å²) >= 11 is 3.34. The van der Waals surface area contributed by atoms with E-state index in [1.54, 1.807) is 30.6 Å². The number of nitrogens with zero attached hydrogens (tertiary/aromatic N) is 2. The van der Waals surface area contributed by atoms with Crippen LogP contribution in [0.15, 0.2) is 45.5 Å². The number of pyridine rings is 1. The number of halogens is 1. The molecule has 0 bridgehead atoms. The molecule has 0 aliphatic rings. The summed E-state index contributed by atoms with van der Waals surface area (Å²) in [6, 6.07) is 6.89. The highest BCUT2D eigenvalue weighted by Gasteiger charge is 2.11. The van der Waals surface area contributed by atoms with E-state index < -0.39 is 0 Å². The Morgan fingerprint density at radius 3 is 2.84 bits per heavy atom. The number of oxazole rings is 1. The number of hydrogen-bond acceptors (Lipinski definition) is 4. The predicted octanol–water partition coefficient (Wildman–Crippen LogP) is 3.09. The van der Waals surface area contributed by atoms with Gasteiger partial charge in [-0.1, -0.05) is 5.92 Å². The zero-order chi connectivity index (χ0) is 13.2. The van der Waals surface area contributed by atoms with Crippen molar-refractivity contribution in [3.63, 3.8) is 0 Å². The van der Waals surface area contributed by atoms with Gasteiger partial charge < -0.3 is 9.52 Å². The number of rotatable bonds is 0. The van der Waals surface area contributed by atoms with Gasteiger partial charge in [-0.05, 0) is 46.1 Å². The van der Waals surface area contributed by atoms with E-state index in [0.29, 0.717) is 11.1 Å². The zero-order valence-electron chi connectivity index (χ0n) is 9.59. The molecule has 4 nitrogen and oxygen atoms in total. The van der Waals surface area contributed by atoms with Crippen molar-refractivity contribution < 1.29 is 9.52 Å². The first kappa shape index (κ1) is 11.8. The van der Waals surface area contributed by atoms with Crippen LogP contribution in [0.2, 0.25) is 0 Å². The fourth-order valence-electron chi connectivity index (χ4n) is 1.58. The third-order valence-electron chi connectivity index (χ3n) is 2.45. The van der Waals surface area contributed by atoms with Gasteiger partial charge >= 0.3 is 0 Å². The summed E-state index contributed by atoms with van der Waals surface area (Å²) in [6.45, 7) is 0. The summed E-state index contributed by atoms with van der Waals surface area (Å²) in [7, 11) is 0. The lowest BCUT2D eigenvalue weighted by molar-refractivity contribution is 0.480. The third-order valence-corrected chi connectivity index (χ3v) is 3.07. The summed E-state index contributed by atoms with van der Waals surface area (Å²) < 4.78 is 6.21. The molecule has 0 unspecified atom stereocenters. The van der Waals surface area contributed by atoms with E-state index >= 15 is 0 Å². The van der Waals surface area contributed by atoms with Crippen LogP contribution in [0.1, 0.15) is 11.5 Å². The van der Waals surface area contributed by atoms with Crippen LogP contribution in [0.25, 0.3) is 11.1 Å². The Bertz CT molecular complexity index is 762. The summed E-state index contributed by atoms with van der Waals surface area (Å²) in [5.41, 5.74) is 1.65. The molecule has 2 heterocycles. The molecule has 0 saturated heterocycles. The largest absolute Gasteiger partial charge is 0.506 e. The Kier molecular flexibility index (Phi) is 2.94. The van der Waals surface area contributed by atoms with Crippen molar-refractivity contribution >= 4 is 27.0 Å². The average Bonchev–Trinajstić information content (AvgIpc) is 2.87. The summed E-state index contributed by atoms with van der Waals surface area (Å²) in [6.07, 6.45) is 3.34. The van der Waals surface area contributed by atoms with Crippen molar-refractivity contribution in [1.29, 1.82) is 0 Å². The summed E-state index contributed by atoms with van der Waals surface area (Å²) in [4.78, 5) is 8.11. The molecule has 0 saturated carbocycles. The fourth-order valence-corrected chi connectivity index (χ4v) is 1.98. The highest BCUT2D eigenvalue weighted by atomic mass is 79.9. The smallest absolute Gasteiger partial charge is 0.274 e. The second kappa shape index (κ2) is 4.75. The molecular formula is C14H7BrN2O2. The minimum atomic E-state index is 0.0661. The van der Waals surface area contributed by atoms with E-state index in [0.717, 1.165) is 10.0 Å². The Morgan fingerprint density at radius 1 is 1.21 bits per heavy atom. The molecule has 0 aliphatic heterocycles. The minimum absolute atomic E-state index is 0.0661. The van der Waals surface area contributed by atoms with Gasteiger partial charge in [-0.2, -0.15) is 4.98 Å². The zero-order valence-corrected chi connectivity index (χ0v) is 11.2. The van der Waals surface area contributed by atoms with E-state index in [9.17, 15) is 5.11 Å². The SMILES string of the molecule is Oc1ccc(Br)c2oc(C#Cc3cccnc3)nc12. The highest BCUT2D eigenvalue weighted by molar-refractivity contribution is 9.10. The molecular weight excluding hydrogens is 308 g/mol. The van der Waals surface area contributed by atoms with E-state index in [-0.39, 0.29) is 11.6 Å². The Hall–Kier alpha value is -2.32. The van der Waals surface area contributed by atoms with E-state index in [1.807, 2.05) is 6.07 Å². The quantitative estimate of drug-likeness (QED) is 0.648. The van der Waals surface area contributed by atoms with Gasteiger partial charge in [0.05, 0.1) is 4.47 Å². The molecule has 0 fully saturated rings. The van der Waals surface area contributed by atoms with Gasteiger partial charge in [0.25, 0.3) is 5.89 Å². The molecule has 92 valence electrons. The Labute approximate surface area is 117 Å².